The molecule has 0 aliphatic carbocycles. The zero-order chi connectivity index (χ0) is 24.2. The Morgan fingerprint density at radius 3 is 2.30 bits per heavy atom. The van der Waals surface area contributed by atoms with Crippen molar-refractivity contribution in [1.82, 2.24) is 4.98 Å². The molecule has 1 heterocycles. The number of hydrogen-bond acceptors (Lipinski definition) is 5. The van der Waals surface area contributed by atoms with Crippen LogP contribution in [0.15, 0.2) is 48.7 Å². The lowest BCUT2D eigenvalue weighted by molar-refractivity contribution is -0.138. The summed E-state index contributed by atoms with van der Waals surface area (Å²) in [6.07, 6.45) is -3.41. The zero-order valence-corrected chi connectivity index (χ0v) is 18.2. The number of aliphatic carboxylic acids is 1. The molecule has 0 unspecified atom stereocenters. The highest BCUT2D eigenvalue weighted by Gasteiger charge is 2.32. The predicted octanol–water partition coefficient (Wildman–Crippen LogP) is 6.33. The number of pyridine rings is 1. The summed E-state index contributed by atoms with van der Waals surface area (Å²) in [5, 5.41) is 8.86. The highest BCUT2D eigenvalue weighted by Crippen LogP contribution is 2.37. The molecule has 33 heavy (non-hydrogen) atoms. The number of aryl methyl sites for hydroxylation is 3. The molecule has 0 radical (unpaired) electrons. The molecular formula is C24H22F3NO5. The molecule has 0 bridgehead atoms. The molecule has 0 saturated carbocycles. The van der Waals surface area contributed by atoms with Crippen molar-refractivity contribution < 1.29 is 37.3 Å². The van der Waals surface area contributed by atoms with E-state index in [1.165, 1.54) is 7.11 Å². The van der Waals surface area contributed by atoms with Crippen LogP contribution in [-0.4, -0.2) is 23.2 Å². The van der Waals surface area contributed by atoms with Crippen LogP contribution in [0, 0.1) is 13.8 Å². The lowest BCUT2D eigenvalue weighted by Crippen LogP contribution is -2.06. The van der Waals surface area contributed by atoms with Crippen LogP contribution in [0.5, 0.6) is 28.9 Å². The Hall–Kier alpha value is -3.75. The molecular weight excluding hydrogens is 439 g/mol. The number of ether oxygens (including phenoxy) is 3. The third-order valence-electron chi connectivity index (χ3n) is 4.76. The van der Waals surface area contributed by atoms with Gasteiger partial charge in [0.25, 0.3) is 5.88 Å². The monoisotopic (exact) mass is 461 g/mol. The summed E-state index contributed by atoms with van der Waals surface area (Å²) < 4.78 is 55.4. The normalized spacial score (nSPS) is 11.2. The fourth-order valence-electron chi connectivity index (χ4n) is 3.14. The van der Waals surface area contributed by atoms with Gasteiger partial charge < -0.3 is 19.3 Å². The molecule has 1 N–H and O–H groups in total. The number of carbonyl (C=O) groups is 1. The summed E-state index contributed by atoms with van der Waals surface area (Å²) in [7, 11) is 1.23. The summed E-state index contributed by atoms with van der Waals surface area (Å²) in [5.74, 6) is 0.190. The fraction of sp³-hybridized carbons (Fsp3) is 0.250. The van der Waals surface area contributed by atoms with Crippen molar-refractivity contribution in [2.24, 2.45) is 0 Å². The second kappa shape index (κ2) is 9.81. The molecule has 1 aromatic heterocycles. The third kappa shape index (κ3) is 6.38. The number of rotatable bonds is 8. The van der Waals surface area contributed by atoms with Crippen molar-refractivity contribution >= 4 is 5.97 Å². The van der Waals surface area contributed by atoms with Crippen LogP contribution in [-0.2, 0) is 17.4 Å². The van der Waals surface area contributed by atoms with Crippen molar-refractivity contribution in [2.75, 3.05) is 7.11 Å². The highest BCUT2D eigenvalue weighted by molar-refractivity contribution is 5.67. The molecule has 0 amide bonds. The van der Waals surface area contributed by atoms with E-state index in [-0.39, 0.29) is 18.1 Å². The molecule has 0 spiro atoms. The first-order valence-corrected chi connectivity index (χ1v) is 9.95. The Morgan fingerprint density at radius 1 is 1.00 bits per heavy atom. The Kier molecular flexibility index (Phi) is 7.10. The molecule has 3 rings (SSSR count). The number of hydrogen-bond donors (Lipinski definition) is 1. The van der Waals surface area contributed by atoms with Crippen LogP contribution in [0.25, 0.3) is 0 Å². The highest BCUT2D eigenvalue weighted by atomic mass is 19.4. The number of methoxy groups -OCH3 is 1. The smallest absolute Gasteiger partial charge is 0.418 e. The van der Waals surface area contributed by atoms with Gasteiger partial charge in [-0.05, 0) is 67.3 Å². The van der Waals surface area contributed by atoms with Crippen LogP contribution in [0.3, 0.4) is 0 Å². The van der Waals surface area contributed by atoms with Crippen molar-refractivity contribution in [3.05, 3.63) is 70.9 Å². The molecule has 0 fully saturated rings. The SMILES string of the molecule is COc1cc(C(F)(F)F)cnc1Oc1cc(C)cc(Oc2ccc(CCC(=O)O)c(C)c2)c1. The summed E-state index contributed by atoms with van der Waals surface area (Å²) in [6.45, 7) is 3.69. The standard InChI is InChI=1S/C24H22F3NO5/c1-14-8-19(32-18-6-4-16(15(2)10-18)5-7-22(29)30)12-20(9-14)33-23-21(31-3)11-17(13-28-23)24(25,26)27/h4,6,8-13H,5,7H2,1-3H3,(H,29,30). The first-order valence-electron chi connectivity index (χ1n) is 9.95. The summed E-state index contributed by atoms with van der Waals surface area (Å²) in [6, 6.07) is 11.2. The Morgan fingerprint density at radius 2 is 1.70 bits per heavy atom. The molecule has 3 aromatic rings. The minimum atomic E-state index is -4.55. The van der Waals surface area contributed by atoms with Gasteiger partial charge in [-0.15, -0.1) is 0 Å². The van der Waals surface area contributed by atoms with Crippen molar-refractivity contribution in [2.45, 2.75) is 32.9 Å². The first kappa shape index (κ1) is 23.9. The molecule has 0 aliphatic heterocycles. The maximum absolute atomic E-state index is 12.9. The number of alkyl halides is 3. The van der Waals surface area contributed by atoms with E-state index < -0.39 is 17.7 Å². The fourth-order valence-corrected chi connectivity index (χ4v) is 3.14. The number of nitrogens with zero attached hydrogens (tertiary/aromatic N) is 1. The van der Waals surface area contributed by atoms with E-state index in [0.717, 1.165) is 22.8 Å². The molecule has 174 valence electrons. The van der Waals surface area contributed by atoms with E-state index in [9.17, 15) is 18.0 Å². The van der Waals surface area contributed by atoms with Crippen LogP contribution in [0.1, 0.15) is 28.7 Å². The number of carboxylic acids is 1. The number of aromatic nitrogens is 1. The van der Waals surface area contributed by atoms with Crippen LogP contribution >= 0.6 is 0 Å². The van der Waals surface area contributed by atoms with Gasteiger partial charge in [-0.1, -0.05) is 6.07 Å². The average molecular weight is 461 g/mol. The lowest BCUT2D eigenvalue weighted by Gasteiger charge is -2.14. The summed E-state index contributed by atoms with van der Waals surface area (Å²) in [5.41, 5.74) is 1.67. The predicted molar refractivity (Wildman–Crippen MR) is 114 cm³/mol. The van der Waals surface area contributed by atoms with Gasteiger partial charge in [-0.3, -0.25) is 4.79 Å². The van der Waals surface area contributed by atoms with Gasteiger partial charge >= 0.3 is 12.1 Å². The van der Waals surface area contributed by atoms with Gasteiger partial charge in [0.1, 0.15) is 17.2 Å². The van der Waals surface area contributed by atoms with E-state index in [2.05, 4.69) is 4.98 Å². The Labute approximate surface area is 188 Å². The second-order valence-electron chi connectivity index (χ2n) is 7.40. The lowest BCUT2D eigenvalue weighted by atomic mass is 10.0. The van der Waals surface area contributed by atoms with E-state index >= 15 is 0 Å². The van der Waals surface area contributed by atoms with E-state index in [1.54, 1.807) is 30.3 Å². The van der Waals surface area contributed by atoms with Crippen LogP contribution < -0.4 is 14.2 Å². The largest absolute Gasteiger partial charge is 0.491 e. The topological polar surface area (TPSA) is 77.9 Å². The average Bonchev–Trinajstić information content (AvgIpc) is 2.72. The summed E-state index contributed by atoms with van der Waals surface area (Å²) in [4.78, 5) is 14.5. The van der Waals surface area contributed by atoms with Gasteiger partial charge in [0.05, 0.1) is 12.7 Å². The Balaban J connectivity index is 1.80. The van der Waals surface area contributed by atoms with Crippen molar-refractivity contribution in [3.8, 4) is 28.9 Å². The zero-order valence-electron chi connectivity index (χ0n) is 18.2. The molecule has 9 heteroatoms. The van der Waals surface area contributed by atoms with Gasteiger partial charge in [0.15, 0.2) is 5.75 Å². The van der Waals surface area contributed by atoms with E-state index in [0.29, 0.717) is 29.9 Å². The number of carboxylic acid groups (broad SMARTS) is 1. The van der Waals surface area contributed by atoms with Gasteiger partial charge in [0, 0.05) is 18.7 Å². The summed E-state index contributed by atoms with van der Waals surface area (Å²) >= 11 is 0. The maximum Gasteiger partial charge on any atom is 0.418 e. The maximum atomic E-state index is 12.9. The number of benzene rings is 2. The Bertz CT molecular complexity index is 1160. The van der Waals surface area contributed by atoms with Crippen molar-refractivity contribution in [1.29, 1.82) is 0 Å². The van der Waals surface area contributed by atoms with E-state index in [1.807, 2.05) is 19.9 Å². The quantitative estimate of drug-likeness (QED) is 0.423. The number of halogens is 3. The second-order valence-corrected chi connectivity index (χ2v) is 7.40. The first-order chi connectivity index (χ1) is 15.5. The van der Waals surface area contributed by atoms with Gasteiger partial charge in [-0.2, -0.15) is 13.2 Å². The minimum Gasteiger partial charge on any atom is -0.491 e. The van der Waals surface area contributed by atoms with E-state index in [4.69, 9.17) is 19.3 Å². The molecule has 6 nitrogen and oxygen atoms in total. The molecule has 2 aromatic carbocycles. The van der Waals surface area contributed by atoms with Crippen LogP contribution in [0.2, 0.25) is 0 Å². The molecule has 0 saturated heterocycles. The van der Waals surface area contributed by atoms with Gasteiger partial charge in [-0.25, -0.2) is 4.98 Å². The van der Waals surface area contributed by atoms with Crippen LogP contribution in [0.4, 0.5) is 13.2 Å². The molecule has 0 atom stereocenters. The minimum absolute atomic E-state index is 0.0427. The van der Waals surface area contributed by atoms with Crippen molar-refractivity contribution in [3.63, 3.8) is 0 Å². The van der Waals surface area contributed by atoms with Gasteiger partial charge in [0.2, 0.25) is 0 Å². The molecule has 0 aliphatic rings. The third-order valence-corrected chi connectivity index (χ3v) is 4.76.